The zero-order valence-electron chi connectivity index (χ0n) is 11.4. The predicted octanol–water partition coefficient (Wildman–Crippen LogP) is 3.04. The van der Waals surface area contributed by atoms with Crippen molar-refractivity contribution in [2.75, 3.05) is 0 Å². The lowest BCUT2D eigenvalue weighted by Gasteiger charge is -2.05. The van der Waals surface area contributed by atoms with Gasteiger partial charge in [0, 0.05) is 12.7 Å². The number of hydrogen-bond acceptors (Lipinski definition) is 5. The van der Waals surface area contributed by atoms with Crippen LogP contribution in [0.15, 0.2) is 46.7 Å². The molecule has 0 aliphatic rings. The molecular formula is C15H13N3O2S. The lowest BCUT2D eigenvalue weighted by molar-refractivity contribution is 0.0954. The van der Waals surface area contributed by atoms with E-state index in [0.717, 1.165) is 17.0 Å². The van der Waals surface area contributed by atoms with Gasteiger partial charge in [-0.05, 0) is 36.8 Å². The van der Waals surface area contributed by atoms with Gasteiger partial charge in [-0.3, -0.25) is 9.78 Å². The summed E-state index contributed by atoms with van der Waals surface area (Å²) in [6.07, 6.45) is 3.31. The van der Waals surface area contributed by atoms with E-state index in [0.29, 0.717) is 17.2 Å². The molecule has 6 heteroatoms. The molecule has 0 bridgehead atoms. The van der Waals surface area contributed by atoms with Crippen molar-refractivity contribution in [1.29, 1.82) is 0 Å². The number of pyridine rings is 1. The van der Waals surface area contributed by atoms with Gasteiger partial charge in [0.15, 0.2) is 5.76 Å². The Morgan fingerprint density at radius 1 is 1.38 bits per heavy atom. The average Bonchev–Trinajstić information content (AvgIpc) is 3.16. The molecule has 0 saturated heterocycles. The van der Waals surface area contributed by atoms with Gasteiger partial charge in [-0.1, -0.05) is 0 Å². The zero-order valence-corrected chi connectivity index (χ0v) is 12.2. The van der Waals surface area contributed by atoms with Crippen molar-refractivity contribution >= 4 is 17.2 Å². The number of aryl methyl sites for hydroxylation is 1. The number of rotatable bonds is 4. The molecule has 0 fully saturated rings. The molecule has 1 N–H and O–H groups in total. The Balaban J connectivity index is 1.70. The highest BCUT2D eigenvalue weighted by Gasteiger charge is 2.11. The zero-order chi connectivity index (χ0) is 14.7. The number of carbonyl (C=O) groups excluding carboxylic acids is 1. The van der Waals surface area contributed by atoms with Gasteiger partial charge in [0.2, 0.25) is 0 Å². The molecule has 0 atom stereocenters. The molecule has 0 saturated carbocycles. The van der Waals surface area contributed by atoms with E-state index in [2.05, 4.69) is 15.3 Å². The summed E-state index contributed by atoms with van der Waals surface area (Å²) in [5, 5.41) is 2.89. The van der Waals surface area contributed by atoms with E-state index < -0.39 is 0 Å². The van der Waals surface area contributed by atoms with Crippen molar-refractivity contribution in [2.24, 2.45) is 0 Å². The van der Waals surface area contributed by atoms with Crippen LogP contribution < -0.4 is 5.32 Å². The molecular weight excluding hydrogens is 286 g/mol. The van der Waals surface area contributed by atoms with E-state index in [1.807, 2.05) is 31.2 Å². The van der Waals surface area contributed by atoms with Gasteiger partial charge in [-0.15, -0.1) is 11.3 Å². The molecule has 3 rings (SSSR count). The molecule has 3 aromatic heterocycles. The quantitative estimate of drug-likeness (QED) is 0.804. The fourth-order valence-electron chi connectivity index (χ4n) is 1.93. The van der Waals surface area contributed by atoms with Crippen LogP contribution in [0.1, 0.15) is 20.9 Å². The maximum absolute atomic E-state index is 12.0. The highest BCUT2D eigenvalue weighted by molar-refractivity contribution is 7.11. The van der Waals surface area contributed by atoms with E-state index >= 15 is 0 Å². The standard InChI is InChI=1S/C15H13N3O2S/c1-10-14(21-9-18-10)15(19)17-8-11-4-5-16-12(7-11)13-3-2-6-20-13/h2-7,9H,8H2,1H3,(H,17,19). The van der Waals surface area contributed by atoms with Gasteiger partial charge >= 0.3 is 0 Å². The number of furan rings is 1. The maximum Gasteiger partial charge on any atom is 0.263 e. The van der Waals surface area contributed by atoms with Crippen molar-refractivity contribution in [1.82, 2.24) is 15.3 Å². The fourth-order valence-corrected chi connectivity index (χ4v) is 2.64. The summed E-state index contributed by atoms with van der Waals surface area (Å²) in [4.78, 5) is 21.0. The molecule has 21 heavy (non-hydrogen) atoms. The molecule has 106 valence electrons. The van der Waals surface area contributed by atoms with Crippen molar-refractivity contribution in [3.05, 3.63) is 58.4 Å². The van der Waals surface area contributed by atoms with Crippen LogP contribution >= 0.6 is 11.3 Å². The molecule has 0 radical (unpaired) electrons. The van der Waals surface area contributed by atoms with Crippen LogP contribution in [0, 0.1) is 6.92 Å². The Morgan fingerprint density at radius 3 is 3.00 bits per heavy atom. The number of nitrogens with one attached hydrogen (secondary N) is 1. The first-order chi connectivity index (χ1) is 10.2. The molecule has 5 nitrogen and oxygen atoms in total. The minimum absolute atomic E-state index is 0.105. The molecule has 0 aliphatic carbocycles. The summed E-state index contributed by atoms with van der Waals surface area (Å²) in [6.45, 7) is 2.26. The maximum atomic E-state index is 12.0. The Labute approximate surface area is 125 Å². The number of hydrogen-bond donors (Lipinski definition) is 1. The van der Waals surface area contributed by atoms with Crippen molar-refractivity contribution in [3.63, 3.8) is 0 Å². The summed E-state index contributed by atoms with van der Waals surface area (Å²) in [7, 11) is 0. The van der Waals surface area contributed by atoms with Gasteiger partial charge in [0.25, 0.3) is 5.91 Å². The highest BCUT2D eigenvalue weighted by Crippen LogP contribution is 2.18. The third-order valence-electron chi connectivity index (χ3n) is 3.00. The number of thiazole rings is 1. The van der Waals surface area contributed by atoms with Crippen molar-refractivity contribution < 1.29 is 9.21 Å². The lowest BCUT2D eigenvalue weighted by Crippen LogP contribution is -2.22. The van der Waals surface area contributed by atoms with Gasteiger partial charge in [-0.2, -0.15) is 0 Å². The van der Waals surface area contributed by atoms with Gasteiger partial charge < -0.3 is 9.73 Å². The Kier molecular flexibility index (Phi) is 3.79. The molecule has 1 amide bonds. The summed E-state index contributed by atoms with van der Waals surface area (Å²) in [6, 6.07) is 7.44. The SMILES string of the molecule is Cc1ncsc1C(=O)NCc1ccnc(-c2ccco2)c1. The highest BCUT2D eigenvalue weighted by atomic mass is 32.1. The smallest absolute Gasteiger partial charge is 0.263 e. The van der Waals surface area contributed by atoms with E-state index in [4.69, 9.17) is 4.42 Å². The van der Waals surface area contributed by atoms with E-state index in [1.165, 1.54) is 11.3 Å². The monoisotopic (exact) mass is 299 g/mol. The van der Waals surface area contributed by atoms with Crippen LogP contribution in [-0.4, -0.2) is 15.9 Å². The predicted molar refractivity (Wildman–Crippen MR) is 80.0 cm³/mol. The molecule has 3 heterocycles. The second-order valence-corrected chi connectivity index (χ2v) is 5.33. The first-order valence-corrected chi connectivity index (χ1v) is 7.29. The Morgan fingerprint density at radius 2 is 2.29 bits per heavy atom. The van der Waals surface area contributed by atoms with Crippen molar-refractivity contribution in [2.45, 2.75) is 13.5 Å². The number of aromatic nitrogens is 2. The van der Waals surface area contributed by atoms with Gasteiger partial charge in [0.1, 0.15) is 10.6 Å². The van der Waals surface area contributed by atoms with Gasteiger partial charge in [0.05, 0.1) is 17.5 Å². The number of amides is 1. The number of nitrogens with zero attached hydrogens (tertiary/aromatic N) is 2. The van der Waals surface area contributed by atoms with E-state index in [9.17, 15) is 4.79 Å². The average molecular weight is 299 g/mol. The normalized spacial score (nSPS) is 10.5. The third kappa shape index (κ3) is 3.00. The minimum atomic E-state index is -0.105. The topological polar surface area (TPSA) is 68.0 Å². The summed E-state index contributed by atoms with van der Waals surface area (Å²) in [5.41, 5.74) is 4.14. The Bertz CT molecular complexity index is 750. The fraction of sp³-hybridized carbons (Fsp3) is 0.133. The summed E-state index contributed by atoms with van der Waals surface area (Å²) < 4.78 is 5.32. The van der Waals surface area contributed by atoms with Crippen LogP contribution in [0.25, 0.3) is 11.5 Å². The molecule has 0 aliphatic heterocycles. The van der Waals surface area contributed by atoms with Gasteiger partial charge in [-0.25, -0.2) is 4.98 Å². The summed E-state index contributed by atoms with van der Waals surface area (Å²) in [5.74, 6) is 0.604. The van der Waals surface area contributed by atoms with Crippen molar-refractivity contribution in [3.8, 4) is 11.5 Å². The largest absolute Gasteiger partial charge is 0.463 e. The first kappa shape index (κ1) is 13.5. The molecule has 0 aromatic carbocycles. The molecule has 3 aromatic rings. The van der Waals surface area contributed by atoms with Crippen LogP contribution in [0.4, 0.5) is 0 Å². The second-order valence-electron chi connectivity index (χ2n) is 4.48. The van der Waals surface area contributed by atoms with Crippen LogP contribution in [0.2, 0.25) is 0 Å². The molecule has 0 unspecified atom stereocenters. The van der Waals surface area contributed by atoms with E-state index in [1.54, 1.807) is 18.0 Å². The number of carbonyl (C=O) groups is 1. The summed E-state index contributed by atoms with van der Waals surface area (Å²) >= 11 is 1.34. The van der Waals surface area contributed by atoms with E-state index in [-0.39, 0.29) is 5.91 Å². The van der Waals surface area contributed by atoms with Crippen LogP contribution in [0.5, 0.6) is 0 Å². The molecule has 0 spiro atoms. The lowest BCUT2D eigenvalue weighted by atomic mass is 10.2. The second kappa shape index (κ2) is 5.88. The minimum Gasteiger partial charge on any atom is -0.463 e. The first-order valence-electron chi connectivity index (χ1n) is 6.41. The third-order valence-corrected chi connectivity index (χ3v) is 3.93. The Hall–Kier alpha value is -2.47. The van der Waals surface area contributed by atoms with Crippen LogP contribution in [0.3, 0.4) is 0 Å². The van der Waals surface area contributed by atoms with Crippen LogP contribution in [-0.2, 0) is 6.54 Å².